The molecule has 3 rings (SSSR count). The van der Waals surface area contributed by atoms with Crippen molar-refractivity contribution in [1.82, 2.24) is 10.2 Å². The molecule has 1 aromatic carbocycles. The summed E-state index contributed by atoms with van der Waals surface area (Å²) >= 11 is 7.43. The highest BCUT2D eigenvalue weighted by atomic mass is 35.5. The summed E-state index contributed by atoms with van der Waals surface area (Å²) in [5.41, 5.74) is -0.767. The van der Waals surface area contributed by atoms with Gasteiger partial charge in [0.2, 0.25) is 0 Å². The van der Waals surface area contributed by atoms with E-state index in [0.717, 1.165) is 4.90 Å². The number of rotatable bonds is 4. The predicted octanol–water partition coefficient (Wildman–Crippen LogP) is 3.05. The molecular formula is C16H13ClN2O3S. The third-order valence-corrected chi connectivity index (χ3v) is 5.03. The lowest BCUT2D eigenvalue weighted by molar-refractivity contribution is -0.130. The minimum atomic E-state index is -1.27. The van der Waals surface area contributed by atoms with E-state index in [1.54, 1.807) is 48.7 Å². The molecule has 1 atom stereocenters. The molecule has 1 N–H and O–H groups in total. The van der Waals surface area contributed by atoms with Gasteiger partial charge in [-0.2, -0.15) is 0 Å². The van der Waals surface area contributed by atoms with Gasteiger partial charge in [0.25, 0.3) is 5.91 Å². The molecule has 0 aliphatic carbocycles. The van der Waals surface area contributed by atoms with Crippen LogP contribution in [0.15, 0.2) is 41.8 Å². The molecule has 1 fully saturated rings. The van der Waals surface area contributed by atoms with Crippen LogP contribution in [-0.2, 0) is 10.3 Å². The van der Waals surface area contributed by atoms with E-state index in [4.69, 9.17) is 11.6 Å². The fourth-order valence-electron chi connectivity index (χ4n) is 2.55. The molecule has 3 amide bonds. The Kier molecular flexibility index (Phi) is 3.95. The van der Waals surface area contributed by atoms with Crippen molar-refractivity contribution >= 4 is 40.7 Å². The second kappa shape index (κ2) is 5.79. The van der Waals surface area contributed by atoms with Gasteiger partial charge in [0.05, 0.1) is 11.4 Å². The summed E-state index contributed by atoms with van der Waals surface area (Å²) in [4.78, 5) is 38.5. The van der Waals surface area contributed by atoms with E-state index in [2.05, 4.69) is 5.32 Å². The molecule has 7 heteroatoms. The Hall–Kier alpha value is -2.18. The lowest BCUT2D eigenvalue weighted by Crippen LogP contribution is -2.41. The van der Waals surface area contributed by atoms with Crippen molar-refractivity contribution in [2.45, 2.75) is 12.5 Å². The maximum Gasteiger partial charge on any atom is 0.325 e. The fraction of sp³-hybridized carbons (Fsp3) is 0.188. The first-order valence-electron chi connectivity index (χ1n) is 6.89. The summed E-state index contributed by atoms with van der Waals surface area (Å²) in [6.45, 7) is 1.30. The number of nitrogens with zero attached hydrogens (tertiary/aromatic N) is 1. The van der Waals surface area contributed by atoms with Crippen molar-refractivity contribution in [3.05, 3.63) is 57.2 Å². The molecule has 1 saturated heterocycles. The standard InChI is InChI=1S/C16H13ClN2O3S/c1-16(10-5-2-3-6-11(10)17)14(21)19(15(22)18-16)9-12(20)13-7-4-8-23-13/h2-8H,9H2,1H3,(H,18,22)/t16-/m0/s1. The van der Waals surface area contributed by atoms with Gasteiger partial charge in [-0.25, -0.2) is 4.79 Å². The van der Waals surface area contributed by atoms with Crippen molar-refractivity contribution in [3.8, 4) is 0 Å². The van der Waals surface area contributed by atoms with E-state index in [-0.39, 0.29) is 12.3 Å². The summed E-state index contributed by atoms with van der Waals surface area (Å²) in [6.07, 6.45) is 0. The molecule has 1 aliphatic heterocycles. The smallest absolute Gasteiger partial charge is 0.319 e. The second-order valence-corrected chi connectivity index (χ2v) is 6.68. The largest absolute Gasteiger partial charge is 0.325 e. The molecule has 118 valence electrons. The number of halogens is 1. The van der Waals surface area contributed by atoms with E-state index < -0.39 is 17.5 Å². The van der Waals surface area contributed by atoms with Crippen molar-refractivity contribution in [3.63, 3.8) is 0 Å². The van der Waals surface area contributed by atoms with E-state index in [1.165, 1.54) is 11.3 Å². The SMILES string of the molecule is C[C@@]1(c2ccccc2Cl)NC(=O)N(CC(=O)c2cccs2)C1=O. The molecule has 0 unspecified atom stereocenters. The molecule has 0 spiro atoms. The highest BCUT2D eigenvalue weighted by molar-refractivity contribution is 7.12. The van der Waals surface area contributed by atoms with E-state index in [0.29, 0.717) is 15.5 Å². The zero-order valence-electron chi connectivity index (χ0n) is 12.2. The van der Waals surface area contributed by atoms with Crippen LogP contribution in [0.4, 0.5) is 4.79 Å². The van der Waals surface area contributed by atoms with Crippen LogP contribution in [0.1, 0.15) is 22.2 Å². The molecule has 5 nitrogen and oxygen atoms in total. The topological polar surface area (TPSA) is 66.5 Å². The van der Waals surface area contributed by atoms with Crippen LogP contribution in [0.3, 0.4) is 0 Å². The maximum atomic E-state index is 12.7. The van der Waals surface area contributed by atoms with Crippen LogP contribution >= 0.6 is 22.9 Å². The summed E-state index contributed by atoms with van der Waals surface area (Å²) < 4.78 is 0. The molecule has 2 heterocycles. The van der Waals surface area contributed by atoms with Crippen molar-refractivity contribution in [2.75, 3.05) is 6.54 Å². The zero-order chi connectivity index (χ0) is 16.6. The minimum Gasteiger partial charge on any atom is -0.319 e. The maximum absolute atomic E-state index is 12.7. The zero-order valence-corrected chi connectivity index (χ0v) is 13.8. The minimum absolute atomic E-state index is 0.271. The van der Waals surface area contributed by atoms with Gasteiger partial charge in [-0.05, 0) is 24.4 Å². The molecule has 1 aliphatic rings. The third-order valence-electron chi connectivity index (χ3n) is 3.79. The van der Waals surface area contributed by atoms with Crippen molar-refractivity contribution in [1.29, 1.82) is 0 Å². The van der Waals surface area contributed by atoms with Gasteiger partial charge in [0.1, 0.15) is 5.54 Å². The normalized spacial score (nSPS) is 20.7. The predicted molar refractivity (Wildman–Crippen MR) is 87.7 cm³/mol. The first-order chi connectivity index (χ1) is 10.9. The highest BCUT2D eigenvalue weighted by Crippen LogP contribution is 2.33. The van der Waals surface area contributed by atoms with Gasteiger partial charge in [0, 0.05) is 10.6 Å². The van der Waals surface area contributed by atoms with E-state index >= 15 is 0 Å². The van der Waals surface area contributed by atoms with Crippen LogP contribution < -0.4 is 5.32 Å². The molecule has 2 aromatic rings. The number of hydrogen-bond donors (Lipinski definition) is 1. The van der Waals surface area contributed by atoms with Crippen LogP contribution in [0.5, 0.6) is 0 Å². The third kappa shape index (κ3) is 2.64. The van der Waals surface area contributed by atoms with Gasteiger partial charge in [-0.15, -0.1) is 11.3 Å². The quantitative estimate of drug-likeness (QED) is 0.682. The summed E-state index contributed by atoms with van der Waals surface area (Å²) in [6, 6.07) is 9.64. The van der Waals surface area contributed by atoms with E-state index in [9.17, 15) is 14.4 Å². The Bertz CT molecular complexity index is 790. The number of carbonyl (C=O) groups excluding carboxylic acids is 3. The molecule has 0 bridgehead atoms. The van der Waals surface area contributed by atoms with Gasteiger partial charge in [-0.3, -0.25) is 14.5 Å². The number of carbonyl (C=O) groups is 3. The van der Waals surface area contributed by atoms with Crippen molar-refractivity contribution in [2.24, 2.45) is 0 Å². The number of imide groups is 1. The monoisotopic (exact) mass is 348 g/mol. The Morgan fingerprint density at radius 1 is 1.26 bits per heavy atom. The van der Waals surface area contributed by atoms with Crippen LogP contribution in [0.2, 0.25) is 5.02 Å². The number of benzene rings is 1. The lowest BCUT2D eigenvalue weighted by Gasteiger charge is -2.23. The van der Waals surface area contributed by atoms with Gasteiger partial charge in [-0.1, -0.05) is 35.9 Å². The number of amides is 3. The molecule has 1 aromatic heterocycles. The number of nitrogens with one attached hydrogen (secondary N) is 1. The number of urea groups is 1. The number of hydrogen-bond acceptors (Lipinski definition) is 4. The Morgan fingerprint density at radius 2 is 2.00 bits per heavy atom. The molecule has 0 radical (unpaired) electrons. The molecule has 0 saturated carbocycles. The molecular weight excluding hydrogens is 336 g/mol. The van der Waals surface area contributed by atoms with Crippen molar-refractivity contribution < 1.29 is 14.4 Å². The summed E-state index contributed by atoms with van der Waals surface area (Å²) in [5, 5.41) is 4.80. The van der Waals surface area contributed by atoms with Gasteiger partial charge >= 0.3 is 6.03 Å². The van der Waals surface area contributed by atoms with Crippen LogP contribution in [-0.4, -0.2) is 29.2 Å². The number of thiophene rings is 1. The van der Waals surface area contributed by atoms with Gasteiger partial charge < -0.3 is 5.32 Å². The number of ketones is 1. The highest BCUT2D eigenvalue weighted by Gasteiger charge is 2.50. The Labute approximate surface area is 141 Å². The Morgan fingerprint density at radius 3 is 2.65 bits per heavy atom. The average molecular weight is 349 g/mol. The van der Waals surface area contributed by atoms with Gasteiger partial charge in [0.15, 0.2) is 5.78 Å². The van der Waals surface area contributed by atoms with Crippen LogP contribution in [0, 0.1) is 0 Å². The number of Topliss-reactive ketones (excluding diaryl/α,β-unsaturated/α-hetero) is 1. The average Bonchev–Trinajstić information content (AvgIpc) is 3.12. The molecule has 23 heavy (non-hydrogen) atoms. The second-order valence-electron chi connectivity index (χ2n) is 5.33. The fourth-order valence-corrected chi connectivity index (χ4v) is 3.53. The lowest BCUT2D eigenvalue weighted by atomic mass is 9.92. The first kappa shape index (κ1) is 15.7. The van der Waals surface area contributed by atoms with Crippen LogP contribution in [0.25, 0.3) is 0 Å². The summed E-state index contributed by atoms with van der Waals surface area (Å²) in [5.74, 6) is -0.757. The first-order valence-corrected chi connectivity index (χ1v) is 8.15. The Balaban J connectivity index is 1.88. The summed E-state index contributed by atoms with van der Waals surface area (Å²) in [7, 11) is 0. The van der Waals surface area contributed by atoms with E-state index in [1.807, 2.05) is 0 Å².